The molecule has 1 fully saturated rings. The largest absolute Gasteiger partial charge is 0.429 e. The van der Waals surface area contributed by atoms with Crippen molar-refractivity contribution in [2.45, 2.75) is 6.61 Å². The number of carbonyl (C=O) groups is 2. The summed E-state index contributed by atoms with van der Waals surface area (Å²) >= 11 is 9.66. The van der Waals surface area contributed by atoms with E-state index in [0.717, 1.165) is 6.07 Å². The summed E-state index contributed by atoms with van der Waals surface area (Å²) in [6.07, 6.45) is 0. The molecule has 2 amide bonds. The summed E-state index contributed by atoms with van der Waals surface area (Å²) in [6.45, 7) is 0.698. The van der Waals surface area contributed by atoms with Gasteiger partial charge in [0.05, 0.1) is 5.69 Å². The topological polar surface area (TPSA) is 61.9 Å². The lowest BCUT2D eigenvalue weighted by molar-refractivity contribution is -0.135. The van der Waals surface area contributed by atoms with Crippen molar-refractivity contribution >= 4 is 45.0 Å². The lowest BCUT2D eigenvalue weighted by atomic mass is 9.87. The van der Waals surface area contributed by atoms with Crippen LogP contribution < -0.4 is 10.1 Å². The van der Waals surface area contributed by atoms with E-state index in [2.05, 4.69) is 32.6 Å². The molecule has 0 saturated carbocycles. The van der Waals surface area contributed by atoms with Gasteiger partial charge in [0.25, 0.3) is 0 Å². The Balaban J connectivity index is 2.44. The summed E-state index contributed by atoms with van der Waals surface area (Å²) < 4.78 is 43.8. The molecule has 1 N–H and O–H groups in total. The molecule has 1 aromatic carbocycles. The molecule has 0 radical (unpaired) electrons. The fourth-order valence-corrected chi connectivity index (χ4v) is 4.04. The van der Waals surface area contributed by atoms with Gasteiger partial charge in [0, 0.05) is 43.7 Å². The van der Waals surface area contributed by atoms with Crippen molar-refractivity contribution in [3.05, 3.63) is 45.8 Å². The van der Waals surface area contributed by atoms with Crippen LogP contribution in [-0.4, -0.2) is 55.9 Å². The van der Waals surface area contributed by atoms with Crippen LogP contribution in [-0.2, 0) is 9.59 Å². The number of nitrogens with one attached hydrogen (secondary N) is 1. The quantitative estimate of drug-likeness (QED) is 0.342. The van der Waals surface area contributed by atoms with Crippen LogP contribution in [0.5, 0.6) is 5.75 Å². The number of nitrogens with zero attached hydrogens (tertiary/aromatic N) is 2. The van der Waals surface area contributed by atoms with E-state index in [1.54, 1.807) is 19.0 Å². The lowest BCUT2D eigenvalue weighted by Gasteiger charge is -2.24. The molecule has 0 spiro atoms. The van der Waals surface area contributed by atoms with Crippen molar-refractivity contribution in [2.75, 3.05) is 33.0 Å². The molecular weight excluding hydrogens is 491 g/mol. The number of alkyl halides is 2. The maximum absolute atomic E-state index is 13.9. The Labute approximate surface area is 185 Å². The number of likely N-dealkylation sites (tertiary alicyclic amines) is 1. The monoisotopic (exact) mass is 509 g/mol. The van der Waals surface area contributed by atoms with Crippen LogP contribution in [0.4, 0.5) is 18.9 Å². The Morgan fingerprint density at radius 1 is 1.43 bits per heavy atom. The van der Waals surface area contributed by atoms with Gasteiger partial charge in [0.1, 0.15) is 11.1 Å². The molecular formula is C19H20BrClF3N3O3. The van der Waals surface area contributed by atoms with Gasteiger partial charge in [-0.15, -0.1) is 0 Å². The maximum atomic E-state index is 13.9. The molecule has 1 aliphatic heterocycles. The number of hydrogen-bond acceptors (Lipinski definition) is 4. The highest BCUT2D eigenvalue weighted by Gasteiger charge is 2.46. The predicted molar refractivity (Wildman–Crippen MR) is 111 cm³/mol. The number of benzene rings is 1. The number of ether oxygens (including phenoxy) is 1. The van der Waals surface area contributed by atoms with E-state index in [1.165, 1.54) is 24.1 Å². The van der Waals surface area contributed by atoms with Gasteiger partial charge >= 0.3 is 6.61 Å². The summed E-state index contributed by atoms with van der Waals surface area (Å²) in [7, 11) is 4.90. The zero-order valence-corrected chi connectivity index (χ0v) is 18.7. The van der Waals surface area contributed by atoms with Gasteiger partial charge in [-0.2, -0.15) is 8.78 Å². The van der Waals surface area contributed by atoms with E-state index in [9.17, 15) is 22.8 Å². The van der Waals surface area contributed by atoms with Gasteiger partial charge in [-0.25, -0.2) is 4.39 Å². The Hall–Kier alpha value is -2.20. The van der Waals surface area contributed by atoms with Gasteiger partial charge in [0.2, 0.25) is 11.8 Å². The van der Waals surface area contributed by atoms with Crippen molar-refractivity contribution in [3.8, 4) is 5.75 Å². The first-order valence-electron chi connectivity index (χ1n) is 8.66. The fraction of sp³-hybridized carbons (Fsp3) is 0.368. The number of amides is 2. The zero-order chi connectivity index (χ0) is 22.7. The Kier molecular flexibility index (Phi) is 7.81. The van der Waals surface area contributed by atoms with Crippen LogP contribution in [0.25, 0.3) is 0 Å². The molecule has 2 rings (SSSR count). The van der Waals surface area contributed by atoms with Crippen molar-refractivity contribution in [1.82, 2.24) is 9.80 Å². The molecule has 30 heavy (non-hydrogen) atoms. The summed E-state index contributed by atoms with van der Waals surface area (Å²) in [5.41, 5.74) is 0.131. The number of para-hydroxylation sites is 1. The number of hydrogen-bond donors (Lipinski definition) is 1. The first kappa shape index (κ1) is 24.1. The molecule has 1 heterocycles. The smallest absolute Gasteiger partial charge is 0.387 e. The lowest BCUT2D eigenvalue weighted by Crippen LogP contribution is -2.34. The van der Waals surface area contributed by atoms with Gasteiger partial charge < -0.3 is 19.9 Å². The van der Waals surface area contributed by atoms with Crippen LogP contribution in [0.3, 0.4) is 0 Å². The molecule has 6 nitrogen and oxygen atoms in total. The third-order valence-corrected chi connectivity index (χ3v) is 5.48. The minimum atomic E-state index is -3.30. The normalized spacial score (nSPS) is 19.6. The molecule has 0 unspecified atom stereocenters. The van der Waals surface area contributed by atoms with E-state index in [0.29, 0.717) is 10.1 Å². The standard InChI is InChI=1S/C19H20BrClF3N3O3/c1-9(20)13(16(21)26(2)3)10-8-27(4)18(29)14(10)17(28)25-12-7-5-6-11(22)15(12)30-19(23)24/h5-7,10,14,19H,1,8H2,2-4H3,(H,25,28)/b16-13+/t10-,14+/m1/s1. The zero-order valence-electron chi connectivity index (χ0n) is 16.4. The molecule has 1 aliphatic rings. The summed E-state index contributed by atoms with van der Waals surface area (Å²) in [4.78, 5) is 28.7. The van der Waals surface area contributed by atoms with Crippen LogP contribution >= 0.6 is 27.5 Å². The second-order valence-electron chi connectivity index (χ2n) is 6.79. The first-order chi connectivity index (χ1) is 14.0. The van der Waals surface area contributed by atoms with E-state index >= 15 is 0 Å². The SMILES string of the molecule is C=C(Br)/C(=C(/Cl)N(C)C)[C@H]1CN(C)C(=O)[C@@H]1C(=O)Nc1cccc(F)c1OC(F)F. The maximum Gasteiger partial charge on any atom is 0.387 e. The summed E-state index contributed by atoms with van der Waals surface area (Å²) in [5.74, 6) is -5.13. The Morgan fingerprint density at radius 2 is 2.07 bits per heavy atom. The summed E-state index contributed by atoms with van der Waals surface area (Å²) in [5, 5.41) is 2.61. The highest BCUT2D eigenvalue weighted by molar-refractivity contribution is 9.11. The predicted octanol–water partition coefficient (Wildman–Crippen LogP) is 3.99. The minimum absolute atomic E-state index is 0.171. The van der Waals surface area contributed by atoms with Gasteiger partial charge in [-0.05, 0) is 12.1 Å². The number of rotatable bonds is 7. The summed E-state index contributed by atoms with van der Waals surface area (Å²) in [6, 6.07) is 3.33. The molecule has 0 aromatic heterocycles. The van der Waals surface area contributed by atoms with Gasteiger partial charge in [-0.3, -0.25) is 9.59 Å². The van der Waals surface area contributed by atoms with E-state index in [4.69, 9.17) is 11.6 Å². The van der Waals surface area contributed by atoms with Crippen molar-refractivity contribution < 1.29 is 27.5 Å². The van der Waals surface area contributed by atoms with E-state index < -0.39 is 41.8 Å². The number of allylic oxidation sites excluding steroid dienone is 1. The third-order valence-electron chi connectivity index (χ3n) is 4.51. The average Bonchev–Trinajstić information content (AvgIpc) is 2.92. The average molecular weight is 511 g/mol. The van der Waals surface area contributed by atoms with Crippen LogP contribution in [0.2, 0.25) is 0 Å². The van der Waals surface area contributed by atoms with Gasteiger partial charge in [0.15, 0.2) is 11.6 Å². The van der Waals surface area contributed by atoms with Crippen LogP contribution in [0.1, 0.15) is 0 Å². The number of carbonyl (C=O) groups excluding carboxylic acids is 2. The Morgan fingerprint density at radius 3 is 2.60 bits per heavy atom. The molecule has 1 aromatic rings. The highest BCUT2D eigenvalue weighted by atomic mass is 79.9. The first-order valence-corrected chi connectivity index (χ1v) is 9.83. The number of halogens is 5. The molecule has 2 atom stereocenters. The highest BCUT2D eigenvalue weighted by Crippen LogP contribution is 2.39. The van der Waals surface area contributed by atoms with E-state index in [1.807, 2.05) is 0 Å². The van der Waals surface area contributed by atoms with Gasteiger partial charge in [-0.1, -0.05) is 40.2 Å². The molecule has 164 valence electrons. The van der Waals surface area contributed by atoms with Crippen molar-refractivity contribution in [2.24, 2.45) is 11.8 Å². The third kappa shape index (κ3) is 5.10. The van der Waals surface area contributed by atoms with Crippen molar-refractivity contribution in [3.63, 3.8) is 0 Å². The van der Waals surface area contributed by atoms with Crippen molar-refractivity contribution in [1.29, 1.82) is 0 Å². The molecule has 11 heteroatoms. The minimum Gasteiger partial charge on any atom is -0.429 e. The number of anilines is 1. The second kappa shape index (κ2) is 9.74. The molecule has 0 bridgehead atoms. The Bertz CT molecular complexity index is 895. The van der Waals surface area contributed by atoms with E-state index in [-0.39, 0.29) is 17.4 Å². The second-order valence-corrected chi connectivity index (χ2v) is 8.11. The van der Waals surface area contributed by atoms with Crippen LogP contribution in [0.15, 0.2) is 40.0 Å². The molecule has 0 aliphatic carbocycles. The fourth-order valence-electron chi connectivity index (χ4n) is 3.19. The van der Waals surface area contributed by atoms with Crippen LogP contribution in [0, 0.1) is 17.7 Å². The molecule has 1 saturated heterocycles.